The third kappa shape index (κ3) is 4.32. The van der Waals surface area contributed by atoms with Crippen molar-refractivity contribution in [1.82, 2.24) is 5.32 Å². The molecule has 2 aromatic rings. The smallest absolute Gasteiger partial charge is 0.239 e. The lowest BCUT2D eigenvalue weighted by atomic mass is 10.2. The number of amides is 1. The van der Waals surface area contributed by atoms with Gasteiger partial charge in [0.2, 0.25) is 5.91 Å². The van der Waals surface area contributed by atoms with E-state index in [1.165, 1.54) is 14.2 Å². The summed E-state index contributed by atoms with van der Waals surface area (Å²) in [5.74, 6) is 1.55. The Kier molecular flexibility index (Phi) is 5.76. The average molecular weight is 339 g/mol. The van der Waals surface area contributed by atoms with Crippen LogP contribution in [0.5, 0.6) is 11.5 Å². The summed E-state index contributed by atoms with van der Waals surface area (Å²) in [5.41, 5.74) is 0.620. The highest BCUT2D eigenvalue weighted by molar-refractivity contribution is 6.32. The monoisotopic (exact) mass is 338 g/mol. The number of anilines is 1. The second-order valence-corrected chi connectivity index (χ2v) is 5.25. The van der Waals surface area contributed by atoms with Crippen molar-refractivity contribution in [3.05, 3.63) is 41.3 Å². The van der Waals surface area contributed by atoms with Crippen LogP contribution >= 0.6 is 11.6 Å². The molecule has 1 aromatic carbocycles. The number of furan rings is 1. The SMILES string of the molecule is COc1cc(NCC(=O)N[C@H](C)c2ccco2)c(OC)cc1Cl. The van der Waals surface area contributed by atoms with E-state index in [1.54, 1.807) is 24.5 Å². The predicted octanol–water partition coefficient (Wildman–Crippen LogP) is 3.24. The maximum Gasteiger partial charge on any atom is 0.239 e. The van der Waals surface area contributed by atoms with Gasteiger partial charge in [0, 0.05) is 12.1 Å². The molecule has 0 aliphatic rings. The minimum atomic E-state index is -0.207. The van der Waals surface area contributed by atoms with Crippen LogP contribution in [0.25, 0.3) is 0 Å². The molecule has 0 fully saturated rings. The van der Waals surface area contributed by atoms with E-state index in [9.17, 15) is 4.79 Å². The van der Waals surface area contributed by atoms with Gasteiger partial charge >= 0.3 is 0 Å². The zero-order chi connectivity index (χ0) is 16.8. The molecule has 7 heteroatoms. The second kappa shape index (κ2) is 7.78. The molecule has 0 spiro atoms. The number of benzene rings is 1. The Labute approximate surface area is 139 Å². The molecule has 1 heterocycles. The molecular weight excluding hydrogens is 320 g/mol. The van der Waals surface area contributed by atoms with Crippen LogP contribution in [0.2, 0.25) is 5.02 Å². The standard InChI is InChI=1S/C16H19ClN2O4/c1-10(13-5-4-6-23-13)19-16(20)9-18-12-8-14(21-2)11(17)7-15(12)22-3/h4-8,10,18H,9H2,1-3H3,(H,19,20)/t10-/m1/s1. The van der Waals surface area contributed by atoms with Gasteiger partial charge in [-0.25, -0.2) is 0 Å². The molecule has 0 saturated carbocycles. The van der Waals surface area contributed by atoms with E-state index in [0.29, 0.717) is 28.0 Å². The van der Waals surface area contributed by atoms with Gasteiger partial charge in [0.1, 0.15) is 17.3 Å². The summed E-state index contributed by atoms with van der Waals surface area (Å²) >= 11 is 6.05. The molecule has 0 radical (unpaired) electrons. The van der Waals surface area contributed by atoms with Gasteiger partial charge < -0.3 is 24.5 Å². The Morgan fingerprint density at radius 2 is 2.04 bits per heavy atom. The Morgan fingerprint density at radius 1 is 1.30 bits per heavy atom. The van der Waals surface area contributed by atoms with Gasteiger partial charge in [-0.15, -0.1) is 0 Å². The van der Waals surface area contributed by atoms with Crippen molar-refractivity contribution in [3.63, 3.8) is 0 Å². The lowest BCUT2D eigenvalue weighted by Gasteiger charge is -2.15. The molecule has 6 nitrogen and oxygen atoms in total. The molecular formula is C16H19ClN2O4. The van der Waals surface area contributed by atoms with Gasteiger partial charge in [0.15, 0.2) is 0 Å². The summed E-state index contributed by atoms with van der Waals surface area (Å²) < 4.78 is 15.7. The maximum absolute atomic E-state index is 12.0. The third-order valence-corrected chi connectivity index (χ3v) is 3.56. The van der Waals surface area contributed by atoms with Crippen LogP contribution in [0.15, 0.2) is 34.9 Å². The van der Waals surface area contributed by atoms with E-state index in [4.69, 9.17) is 25.5 Å². The molecule has 1 aromatic heterocycles. The molecule has 2 N–H and O–H groups in total. The van der Waals surface area contributed by atoms with Crippen molar-refractivity contribution < 1.29 is 18.7 Å². The number of carbonyl (C=O) groups excluding carboxylic acids is 1. The van der Waals surface area contributed by atoms with E-state index in [1.807, 2.05) is 13.0 Å². The molecule has 0 saturated heterocycles. The fourth-order valence-corrected chi connectivity index (χ4v) is 2.31. The summed E-state index contributed by atoms with van der Waals surface area (Å²) in [6, 6.07) is 6.70. The molecule has 0 unspecified atom stereocenters. The van der Waals surface area contributed by atoms with Crippen LogP contribution in [-0.4, -0.2) is 26.7 Å². The zero-order valence-corrected chi connectivity index (χ0v) is 13.9. The van der Waals surface area contributed by atoms with Crippen molar-refractivity contribution in [2.45, 2.75) is 13.0 Å². The number of rotatable bonds is 7. The summed E-state index contributed by atoms with van der Waals surface area (Å²) in [6.45, 7) is 1.93. The summed E-state index contributed by atoms with van der Waals surface area (Å²) in [6.07, 6.45) is 1.57. The quantitative estimate of drug-likeness (QED) is 0.810. The molecule has 23 heavy (non-hydrogen) atoms. The van der Waals surface area contributed by atoms with Crippen LogP contribution in [0.4, 0.5) is 5.69 Å². The van der Waals surface area contributed by atoms with Crippen molar-refractivity contribution in [3.8, 4) is 11.5 Å². The highest BCUT2D eigenvalue weighted by Gasteiger charge is 2.14. The first-order valence-electron chi connectivity index (χ1n) is 7.03. The van der Waals surface area contributed by atoms with Crippen molar-refractivity contribution in [1.29, 1.82) is 0 Å². The highest BCUT2D eigenvalue weighted by atomic mass is 35.5. The lowest BCUT2D eigenvalue weighted by Crippen LogP contribution is -2.31. The fourth-order valence-electron chi connectivity index (χ4n) is 2.08. The predicted molar refractivity (Wildman–Crippen MR) is 88.3 cm³/mol. The maximum atomic E-state index is 12.0. The van der Waals surface area contributed by atoms with E-state index < -0.39 is 0 Å². The average Bonchev–Trinajstić information content (AvgIpc) is 3.07. The van der Waals surface area contributed by atoms with Crippen molar-refractivity contribution in [2.24, 2.45) is 0 Å². The number of hydrogen-bond acceptors (Lipinski definition) is 5. The Balaban J connectivity index is 1.98. The van der Waals surface area contributed by atoms with Gasteiger partial charge in [0.05, 0.1) is 43.8 Å². The van der Waals surface area contributed by atoms with E-state index in [2.05, 4.69) is 10.6 Å². The van der Waals surface area contributed by atoms with Gasteiger partial charge in [-0.1, -0.05) is 11.6 Å². The number of ether oxygens (including phenoxy) is 2. The minimum Gasteiger partial charge on any atom is -0.495 e. The van der Waals surface area contributed by atoms with Crippen molar-refractivity contribution in [2.75, 3.05) is 26.1 Å². The molecule has 0 aliphatic carbocycles. The molecule has 1 atom stereocenters. The first-order valence-corrected chi connectivity index (χ1v) is 7.41. The third-order valence-electron chi connectivity index (χ3n) is 3.26. The number of methoxy groups -OCH3 is 2. The normalized spacial score (nSPS) is 11.7. The Morgan fingerprint density at radius 3 is 2.65 bits per heavy atom. The van der Waals surface area contributed by atoms with Gasteiger partial charge in [-0.3, -0.25) is 4.79 Å². The zero-order valence-electron chi connectivity index (χ0n) is 13.2. The van der Waals surface area contributed by atoms with E-state index in [0.717, 1.165) is 0 Å². The van der Waals surface area contributed by atoms with Crippen LogP contribution < -0.4 is 20.1 Å². The fraction of sp³-hybridized carbons (Fsp3) is 0.312. The molecule has 0 bridgehead atoms. The number of nitrogens with one attached hydrogen (secondary N) is 2. The minimum absolute atomic E-state index is 0.0756. The molecule has 1 amide bonds. The topological polar surface area (TPSA) is 72.7 Å². The van der Waals surface area contributed by atoms with Crippen LogP contribution in [0.3, 0.4) is 0 Å². The summed E-state index contributed by atoms with van der Waals surface area (Å²) in [4.78, 5) is 12.0. The lowest BCUT2D eigenvalue weighted by molar-refractivity contribution is -0.120. The first kappa shape index (κ1) is 17.0. The van der Waals surface area contributed by atoms with Crippen molar-refractivity contribution >= 4 is 23.2 Å². The largest absolute Gasteiger partial charge is 0.495 e. The van der Waals surface area contributed by atoms with Gasteiger partial charge in [-0.05, 0) is 19.1 Å². The Bertz CT molecular complexity index is 658. The highest BCUT2D eigenvalue weighted by Crippen LogP contribution is 2.35. The summed E-state index contributed by atoms with van der Waals surface area (Å²) in [7, 11) is 3.05. The molecule has 2 rings (SSSR count). The van der Waals surface area contributed by atoms with Crippen LogP contribution in [-0.2, 0) is 4.79 Å². The number of carbonyl (C=O) groups is 1. The van der Waals surface area contributed by atoms with Gasteiger partial charge in [-0.2, -0.15) is 0 Å². The van der Waals surface area contributed by atoms with E-state index in [-0.39, 0.29) is 18.5 Å². The van der Waals surface area contributed by atoms with Crippen LogP contribution in [0.1, 0.15) is 18.7 Å². The summed E-state index contributed by atoms with van der Waals surface area (Å²) in [5, 5.41) is 6.28. The van der Waals surface area contributed by atoms with Gasteiger partial charge in [0.25, 0.3) is 0 Å². The number of hydrogen-bond donors (Lipinski definition) is 2. The number of halogens is 1. The van der Waals surface area contributed by atoms with E-state index >= 15 is 0 Å². The van der Waals surface area contributed by atoms with Crippen LogP contribution in [0, 0.1) is 0 Å². The molecule has 0 aliphatic heterocycles. The molecule has 124 valence electrons. The first-order chi connectivity index (χ1) is 11.0. The second-order valence-electron chi connectivity index (χ2n) is 4.85. The Hall–Kier alpha value is -2.34.